The van der Waals surface area contributed by atoms with Crippen LogP contribution in [0.2, 0.25) is 0 Å². The van der Waals surface area contributed by atoms with Crippen LogP contribution in [0.5, 0.6) is 0 Å². The summed E-state index contributed by atoms with van der Waals surface area (Å²) in [6.45, 7) is 7.79. The lowest BCUT2D eigenvalue weighted by atomic mass is 9.74. The van der Waals surface area contributed by atoms with Crippen molar-refractivity contribution < 1.29 is 9.47 Å². The van der Waals surface area contributed by atoms with Crippen LogP contribution in [0, 0.1) is 11.8 Å². The van der Waals surface area contributed by atoms with Crippen molar-refractivity contribution in [1.29, 1.82) is 0 Å². The van der Waals surface area contributed by atoms with Gasteiger partial charge in [-0.1, -0.05) is 39.5 Å². The first kappa shape index (κ1) is 15.9. The number of methoxy groups -OCH3 is 1. The molecule has 1 saturated carbocycles. The molecule has 0 heterocycles. The van der Waals surface area contributed by atoms with Crippen LogP contribution in [0.3, 0.4) is 0 Å². The number of hydrogen-bond acceptors (Lipinski definition) is 3. The first-order chi connectivity index (χ1) is 8.83. The molecule has 1 N–H and O–H groups in total. The van der Waals surface area contributed by atoms with Crippen LogP contribution in [0.1, 0.15) is 46.0 Å². The van der Waals surface area contributed by atoms with Crippen molar-refractivity contribution >= 4 is 0 Å². The minimum absolute atomic E-state index is 0.525. The Labute approximate surface area is 113 Å². The second-order valence-electron chi connectivity index (χ2n) is 5.35. The van der Waals surface area contributed by atoms with Crippen LogP contribution in [0.15, 0.2) is 0 Å². The number of ether oxygens (including phenoxy) is 2. The van der Waals surface area contributed by atoms with E-state index in [0.29, 0.717) is 19.3 Å². The van der Waals surface area contributed by atoms with E-state index in [9.17, 15) is 0 Å². The normalized spacial score (nSPS) is 26.2. The Bertz CT molecular complexity index is 199. The average molecular weight is 257 g/mol. The fraction of sp³-hybridized carbons (Fsp3) is 1.00. The Kier molecular flexibility index (Phi) is 8.64. The monoisotopic (exact) mass is 257 g/mol. The Balaban J connectivity index is 2.42. The van der Waals surface area contributed by atoms with Gasteiger partial charge in [0.25, 0.3) is 0 Å². The van der Waals surface area contributed by atoms with Crippen molar-refractivity contribution in [3.05, 3.63) is 0 Å². The van der Waals surface area contributed by atoms with Crippen molar-refractivity contribution in [2.75, 3.05) is 33.5 Å². The molecule has 0 spiro atoms. The molecule has 3 unspecified atom stereocenters. The average Bonchev–Trinajstić information content (AvgIpc) is 2.42. The smallest absolute Gasteiger partial charge is 0.0701 e. The standard InChI is InChI=1S/C15H31NO2/c1-4-13-8-6-7-9-14(13)15(16-5-2)12-18-11-10-17-3/h13-16H,4-12H2,1-3H3. The molecule has 1 rings (SSSR count). The summed E-state index contributed by atoms with van der Waals surface area (Å²) < 4.78 is 10.8. The Morgan fingerprint density at radius 1 is 1.17 bits per heavy atom. The van der Waals surface area contributed by atoms with E-state index in [1.165, 1.54) is 32.1 Å². The van der Waals surface area contributed by atoms with Gasteiger partial charge in [-0.25, -0.2) is 0 Å². The molecule has 0 aliphatic heterocycles. The molecule has 0 aromatic carbocycles. The lowest BCUT2D eigenvalue weighted by Crippen LogP contribution is -2.44. The number of rotatable bonds is 9. The van der Waals surface area contributed by atoms with Gasteiger partial charge < -0.3 is 14.8 Å². The Morgan fingerprint density at radius 2 is 1.94 bits per heavy atom. The SMILES string of the molecule is CCNC(COCCOC)C1CCCCC1CC. The zero-order valence-electron chi connectivity index (χ0n) is 12.4. The first-order valence-corrected chi connectivity index (χ1v) is 7.63. The van der Waals surface area contributed by atoms with Crippen LogP contribution < -0.4 is 5.32 Å². The van der Waals surface area contributed by atoms with Crippen LogP contribution in [-0.4, -0.2) is 39.5 Å². The molecule has 1 aliphatic carbocycles. The summed E-state index contributed by atoms with van der Waals surface area (Å²) in [6.07, 6.45) is 6.88. The summed E-state index contributed by atoms with van der Waals surface area (Å²) in [6, 6.07) is 0.525. The zero-order chi connectivity index (χ0) is 13.2. The molecular weight excluding hydrogens is 226 g/mol. The largest absolute Gasteiger partial charge is 0.382 e. The molecule has 3 atom stereocenters. The van der Waals surface area contributed by atoms with E-state index in [4.69, 9.17) is 9.47 Å². The molecular formula is C15H31NO2. The summed E-state index contributed by atoms with van der Waals surface area (Å²) in [5.74, 6) is 1.68. The van der Waals surface area contributed by atoms with Gasteiger partial charge in [0.05, 0.1) is 19.8 Å². The van der Waals surface area contributed by atoms with E-state index in [1.54, 1.807) is 7.11 Å². The van der Waals surface area contributed by atoms with E-state index < -0.39 is 0 Å². The third kappa shape index (κ3) is 5.25. The van der Waals surface area contributed by atoms with Gasteiger partial charge in [0.15, 0.2) is 0 Å². The van der Waals surface area contributed by atoms with Gasteiger partial charge in [-0.05, 0) is 24.8 Å². The maximum absolute atomic E-state index is 5.75. The van der Waals surface area contributed by atoms with Crippen LogP contribution in [0.4, 0.5) is 0 Å². The predicted octanol–water partition coefficient (Wildman–Crippen LogP) is 2.84. The number of likely N-dealkylation sites (N-methyl/N-ethyl adjacent to an activating group) is 1. The van der Waals surface area contributed by atoms with Crippen LogP contribution in [0.25, 0.3) is 0 Å². The Morgan fingerprint density at radius 3 is 2.61 bits per heavy atom. The number of hydrogen-bond donors (Lipinski definition) is 1. The lowest BCUT2D eigenvalue weighted by Gasteiger charge is -2.37. The molecule has 0 amide bonds. The van der Waals surface area contributed by atoms with Gasteiger partial charge >= 0.3 is 0 Å². The van der Waals surface area contributed by atoms with E-state index in [2.05, 4.69) is 19.2 Å². The summed E-state index contributed by atoms with van der Waals surface area (Å²) >= 11 is 0. The van der Waals surface area contributed by atoms with Crippen molar-refractivity contribution in [2.45, 2.75) is 52.0 Å². The second kappa shape index (κ2) is 9.76. The molecule has 108 valence electrons. The lowest BCUT2D eigenvalue weighted by molar-refractivity contribution is 0.0355. The molecule has 0 radical (unpaired) electrons. The topological polar surface area (TPSA) is 30.5 Å². The summed E-state index contributed by atoms with van der Waals surface area (Å²) in [7, 11) is 1.72. The highest BCUT2D eigenvalue weighted by Gasteiger charge is 2.30. The Hall–Kier alpha value is -0.120. The molecule has 3 heteroatoms. The predicted molar refractivity (Wildman–Crippen MR) is 75.9 cm³/mol. The van der Waals surface area contributed by atoms with E-state index in [1.807, 2.05) is 0 Å². The van der Waals surface area contributed by atoms with Crippen molar-refractivity contribution in [3.8, 4) is 0 Å². The van der Waals surface area contributed by atoms with E-state index in [0.717, 1.165) is 25.0 Å². The summed E-state index contributed by atoms with van der Waals surface area (Å²) in [5.41, 5.74) is 0. The maximum atomic E-state index is 5.75. The number of nitrogens with one attached hydrogen (secondary N) is 1. The molecule has 1 fully saturated rings. The molecule has 18 heavy (non-hydrogen) atoms. The highest BCUT2D eigenvalue weighted by molar-refractivity contribution is 4.84. The van der Waals surface area contributed by atoms with E-state index in [-0.39, 0.29) is 0 Å². The molecule has 0 aromatic rings. The highest BCUT2D eigenvalue weighted by Crippen LogP contribution is 2.34. The zero-order valence-corrected chi connectivity index (χ0v) is 12.4. The minimum Gasteiger partial charge on any atom is -0.382 e. The third-order valence-electron chi connectivity index (χ3n) is 4.20. The quantitative estimate of drug-likeness (QED) is 0.644. The van der Waals surface area contributed by atoms with Gasteiger partial charge in [0.1, 0.15) is 0 Å². The van der Waals surface area contributed by atoms with Crippen molar-refractivity contribution in [2.24, 2.45) is 11.8 Å². The first-order valence-electron chi connectivity index (χ1n) is 7.63. The van der Waals surface area contributed by atoms with Crippen molar-refractivity contribution in [3.63, 3.8) is 0 Å². The second-order valence-corrected chi connectivity index (χ2v) is 5.35. The summed E-state index contributed by atoms with van der Waals surface area (Å²) in [4.78, 5) is 0. The molecule has 0 saturated heterocycles. The maximum Gasteiger partial charge on any atom is 0.0701 e. The fourth-order valence-electron chi connectivity index (χ4n) is 3.22. The highest BCUT2D eigenvalue weighted by atomic mass is 16.5. The minimum atomic E-state index is 0.525. The molecule has 3 nitrogen and oxygen atoms in total. The third-order valence-corrected chi connectivity index (χ3v) is 4.20. The van der Waals surface area contributed by atoms with Gasteiger partial charge in [0.2, 0.25) is 0 Å². The fourth-order valence-corrected chi connectivity index (χ4v) is 3.22. The van der Waals surface area contributed by atoms with Crippen molar-refractivity contribution in [1.82, 2.24) is 5.32 Å². The van der Waals surface area contributed by atoms with Gasteiger partial charge in [0, 0.05) is 13.2 Å². The van der Waals surface area contributed by atoms with Crippen LogP contribution in [-0.2, 0) is 9.47 Å². The molecule has 1 aliphatic rings. The van der Waals surface area contributed by atoms with E-state index >= 15 is 0 Å². The van der Waals surface area contributed by atoms with Gasteiger partial charge in [-0.3, -0.25) is 0 Å². The molecule has 0 bridgehead atoms. The van der Waals surface area contributed by atoms with Gasteiger partial charge in [-0.2, -0.15) is 0 Å². The van der Waals surface area contributed by atoms with Gasteiger partial charge in [-0.15, -0.1) is 0 Å². The van der Waals surface area contributed by atoms with Crippen LogP contribution >= 0.6 is 0 Å². The molecule has 0 aromatic heterocycles. The summed E-state index contributed by atoms with van der Waals surface area (Å²) in [5, 5.41) is 3.63.